The van der Waals surface area contributed by atoms with Crippen LogP contribution in [0.4, 0.5) is 0 Å². The first kappa shape index (κ1) is 17.0. The fourth-order valence-electron chi connectivity index (χ4n) is 2.20. The molecule has 0 atom stereocenters. The van der Waals surface area contributed by atoms with Gasteiger partial charge in [0.25, 0.3) is 0 Å². The number of hydrogen-bond acceptors (Lipinski definition) is 5. The summed E-state index contributed by atoms with van der Waals surface area (Å²) in [7, 11) is 1.62. The normalized spacial score (nSPS) is 10.8. The van der Waals surface area contributed by atoms with E-state index in [1.54, 1.807) is 19.2 Å². The number of nitrogen functional groups attached to an aromatic ring is 1. The van der Waals surface area contributed by atoms with Crippen molar-refractivity contribution >= 4 is 35.0 Å². The molecular weight excluding hydrogens is 367 g/mol. The highest BCUT2D eigenvalue weighted by molar-refractivity contribution is 7.98. The summed E-state index contributed by atoms with van der Waals surface area (Å²) in [5.41, 5.74) is 1.69. The summed E-state index contributed by atoms with van der Waals surface area (Å²) >= 11 is 13.7. The quantitative estimate of drug-likeness (QED) is 0.528. The number of aromatic nitrogens is 3. The standard InChI is InChI=1S/C16H14Cl2N4OS/c1-23-14-7-6-11(17)8-10(14)9-24-16-21-20-15(22(16)19)12-4-2-3-5-13(12)18/h2-8H,9,19H2,1H3. The van der Waals surface area contributed by atoms with E-state index in [0.717, 1.165) is 16.9 Å². The summed E-state index contributed by atoms with van der Waals surface area (Å²) in [6.45, 7) is 0. The lowest BCUT2D eigenvalue weighted by Gasteiger charge is -2.09. The molecule has 1 aromatic heterocycles. The smallest absolute Gasteiger partial charge is 0.210 e. The Morgan fingerprint density at radius 1 is 1.17 bits per heavy atom. The molecule has 0 saturated carbocycles. The molecule has 5 nitrogen and oxygen atoms in total. The number of ether oxygens (including phenoxy) is 1. The number of nitrogens with two attached hydrogens (primary N) is 1. The summed E-state index contributed by atoms with van der Waals surface area (Å²) in [6, 6.07) is 12.8. The van der Waals surface area contributed by atoms with Crippen LogP contribution in [0.3, 0.4) is 0 Å². The Kier molecular flexibility index (Phi) is 5.18. The third-order valence-corrected chi connectivity index (χ3v) is 4.94. The van der Waals surface area contributed by atoms with Crippen LogP contribution in [0.15, 0.2) is 47.6 Å². The first-order valence-corrected chi connectivity index (χ1v) is 8.75. The van der Waals surface area contributed by atoms with Gasteiger partial charge in [0.15, 0.2) is 5.82 Å². The number of hydrogen-bond donors (Lipinski definition) is 1. The van der Waals surface area contributed by atoms with Crippen molar-refractivity contribution in [2.75, 3.05) is 13.0 Å². The molecule has 2 N–H and O–H groups in total. The minimum absolute atomic E-state index is 0.515. The zero-order valence-electron chi connectivity index (χ0n) is 12.7. The number of rotatable bonds is 5. The molecule has 3 aromatic rings. The van der Waals surface area contributed by atoms with Crippen molar-refractivity contribution in [2.24, 2.45) is 0 Å². The van der Waals surface area contributed by atoms with Gasteiger partial charge in [0.2, 0.25) is 5.16 Å². The van der Waals surface area contributed by atoms with E-state index in [0.29, 0.717) is 26.8 Å². The highest BCUT2D eigenvalue weighted by Crippen LogP contribution is 2.31. The molecule has 0 unspecified atom stereocenters. The Balaban J connectivity index is 1.83. The topological polar surface area (TPSA) is 66.0 Å². The minimum Gasteiger partial charge on any atom is -0.496 e. The van der Waals surface area contributed by atoms with Crippen LogP contribution < -0.4 is 10.6 Å². The van der Waals surface area contributed by atoms with Gasteiger partial charge >= 0.3 is 0 Å². The molecule has 124 valence electrons. The number of benzene rings is 2. The summed E-state index contributed by atoms with van der Waals surface area (Å²) in [6.07, 6.45) is 0. The average molecular weight is 381 g/mol. The molecule has 0 spiro atoms. The molecule has 0 aliphatic carbocycles. The second-order valence-corrected chi connectivity index (χ2v) is 6.69. The van der Waals surface area contributed by atoms with Crippen LogP contribution in [0.5, 0.6) is 5.75 Å². The largest absolute Gasteiger partial charge is 0.496 e. The first-order valence-electron chi connectivity index (χ1n) is 7.00. The van der Waals surface area contributed by atoms with Crippen molar-refractivity contribution in [1.29, 1.82) is 0 Å². The average Bonchev–Trinajstić information content (AvgIpc) is 2.94. The fourth-order valence-corrected chi connectivity index (χ4v) is 3.45. The zero-order valence-corrected chi connectivity index (χ0v) is 15.1. The Morgan fingerprint density at radius 2 is 1.96 bits per heavy atom. The van der Waals surface area contributed by atoms with E-state index in [1.165, 1.54) is 16.4 Å². The van der Waals surface area contributed by atoms with E-state index in [-0.39, 0.29) is 0 Å². The lowest BCUT2D eigenvalue weighted by molar-refractivity contribution is 0.411. The fraction of sp³-hybridized carbons (Fsp3) is 0.125. The number of halogens is 2. The summed E-state index contributed by atoms with van der Waals surface area (Å²) < 4.78 is 6.78. The van der Waals surface area contributed by atoms with Crippen molar-refractivity contribution in [3.63, 3.8) is 0 Å². The molecular formula is C16H14Cl2N4OS. The second kappa shape index (κ2) is 7.34. The molecule has 0 saturated heterocycles. The maximum absolute atomic E-state index is 6.20. The van der Waals surface area contributed by atoms with Gasteiger partial charge in [-0.1, -0.05) is 47.1 Å². The maximum atomic E-state index is 6.20. The predicted octanol–water partition coefficient (Wildman–Crippen LogP) is 4.27. The summed E-state index contributed by atoms with van der Waals surface area (Å²) in [5.74, 6) is 8.00. The third kappa shape index (κ3) is 3.45. The van der Waals surface area contributed by atoms with Crippen LogP contribution >= 0.6 is 35.0 Å². The minimum atomic E-state index is 0.515. The second-order valence-electron chi connectivity index (χ2n) is 4.90. The molecule has 0 radical (unpaired) electrons. The lowest BCUT2D eigenvalue weighted by Crippen LogP contribution is -2.11. The Hall–Kier alpha value is -1.89. The molecule has 2 aromatic carbocycles. The van der Waals surface area contributed by atoms with Crippen molar-refractivity contribution in [3.05, 3.63) is 58.1 Å². The van der Waals surface area contributed by atoms with Crippen molar-refractivity contribution in [1.82, 2.24) is 14.9 Å². The number of nitrogens with zero attached hydrogens (tertiary/aromatic N) is 3. The molecule has 3 rings (SSSR count). The zero-order chi connectivity index (χ0) is 17.1. The van der Waals surface area contributed by atoms with Crippen LogP contribution in [-0.4, -0.2) is 22.0 Å². The van der Waals surface area contributed by atoms with Gasteiger partial charge in [0.1, 0.15) is 5.75 Å². The summed E-state index contributed by atoms with van der Waals surface area (Å²) in [5, 5.41) is 10.1. The molecule has 0 amide bonds. The molecule has 0 aliphatic heterocycles. The van der Waals surface area contributed by atoms with Gasteiger partial charge in [-0.2, -0.15) is 0 Å². The van der Waals surface area contributed by atoms with E-state index in [9.17, 15) is 0 Å². The van der Waals surface area contributed by atoms with Crippen molar-refractivity contribution < 1.29 is 4.74 Å². The van der Waals surface area contributed by atoms with E-state index >= 15 is 0 Å². The number of thioether (sulfide) groups is 1. The van der Waals surface area contributed by atoms with Gasteiger partial charge < -0.3 is 10.6 Å². The van der Waals surface area contributed by atoms with Crippen molar-refractivity contribution in [3.8, 4) is 17.1 Å². The van der Waals surface area contributed by atoms with Gasteiger partial charge in [-0.25, -0.2) is 4.68 Å². The maximum Gasteiger partial charge on any atom is 0.210 e. The van der Waals surface area contributed by atoms with Gasteiger partial charge in [-0.05, 0) is 30.3 Å². The van der Waals surface area contributed by atoms with E-state index in [4.69, 9.17) is 33.8 Å². The monoisotopic (exact) mass is 380 g/mol. The predicted molar refractivity (Wildman–Crippen MR) is 98.2 cm³/mol. The first-order chi connectivity index (χ1) is 11.6. The van der Waals surface area contributed by atoms with Crippen LogP contribution in [0, 0.1) is 0 Å². The van der Waals surface area contributed by atoms with Crippen molar-refractivity contribution in [2.45, 2.75) is 10.9 Å². The SMILES string of the molecule is COc1ccc(Cl)cc1CSc1nnc(-c2ccccc2Cl)n1N. The van der Waals surface area contributed by atoms with Gasteiger partial charge in [0, 0.05) is 21.9 Å². The highest BCUT2D eigenvalue weighted by Gasteiger charge is 2.15. The molecule has 0 aliphatic rings. The number of methoxy groups -OCH3 is 1. The highest BCUT2D eigenvalue weighted by atomic mass is 35.5. The molecule has 0 fully saturated rings. The van der Waals surface area contributed by atoms with Gasteiger partial charge in [-0.3, -0.25) is 0 Å². The lowest BCUT2D eigenvalue weighted by atomic mass is 10.2. The van der Waals surface area contributed by atoms with Crippen LogP contribution in [0.2, 0.25) is 10.0 Å². The van der Waals surface area contributed by atoms with Gasteiger partial charge in [0.05, 0.1) is 12.1 Å². The molecule has 24 heavy (non-hydrogen) atoms. The summed E-state index contributed by atoms with van der Waals surface area (Å²) in [4.78, 5) is 0. The van der Waals surface area contributed by atoms with E-state index in [2.05, 4.69) is 10.2 Å². The molecule has 1 heterocycles. The Labute approximate surface area is 153 Å². The van der Waals surface area contributed by atoms with Crippen LogP contribution in [0.1, 0.15) is 5.56 Å². The molecule has 0 bridgehead atoms. The van der Waals surface area contributed by atoms with E-state index in [1.807, 2.05) is 30.3 Å². The molecule has 8 heteroatoms. The van der Waals surface area contributed by atoms with Gasteiger partial charge in [-0.15, -0.1) is 10.2 Å². The van der Waals surface area contributed by atoms with Crippen LogP contribution in [0.25, 0.3) is 11.4 Å². The Bertz CT molecular complexity index is 869. The van der Waals surface area contributed by atoms with E-state index < -0.39 is 0 Å². The van der Waals surface area contributed by atoms with Crippen LogP contribution in [-0.2, 0) is 5.75 Å². The Morgan fingerprint density at radius 3 is 2.71 bits per heavy atom. The third-order valence-electron chi connectivity index (χ3n) is 3.38.